The van der Waals surface area contributed by atoms with E-state index in [-0.39, 0.29) is 11.2 Å². The van der Waals surface area contributed by atoms with E-state index in [0.717, 1.165) is 12.8 Å². The van der Waals surface area contributed by atoms with Gasteiger partial charge in [-0.2, -0.15) is 5.26 Å². The van der Waals surface area contributed by atoms with Gasteiger partial charge in [-0.25, -0.2) is 0 Å². The summed E-state index contributed by atoms with van der Waals surface area (Å²) in [6, 6.07) is 2.21. The van der Waals surface area contributed by atoms with Crippen LogP contribution >= 0.6 is 11.8 Å². The van der Waals surface area contributed by atoms with Gasteiger partial charge in [0.2, 0.25) is 5.91 Å². The van der Waals surface area contributed by atoms with Crippen molar-refractivity contribution in [2.24, 2.45) is 11.7 Å². The van der Waals surface area contributed by atoms with Crippen LogP contribution in [-0.4, -0.2) is 29.0 Å². The van der Waals surface area contributed by atoms with Crippen molar-refractivity contribution < 1.29 is 4.79 Å². The van der Waals surface area contributed by atoms with Gasteiger partial charge in [0, 0.05) is 11.8 Å². The number of hydrogen-bond donors (Lipinski definition) is 2. The fourth-order valence-electron chi connectivity index (χ4n) is 1.49. The normalized spacial score (nSPS) is 20.6. The van der Waals surface area contributed by atoms with Crippen LogP contribution in [-0.2, 0) is 4.79 Å². The zero-order chi connectivity index (χ0) is 12.2. The molecule has 2 unspecified atom stereocenters. The minimum Gasteiger partial charge on any atom is -0.337 e. The van der Waals surface area contributed by atoms with Crippen LogP contribution in [0.5, 0.6) is 0 Å². The summed E-state index contributed by atoms with van der Waals surface area (Å²) >= 11 is 1.52. The van der Waals surface area contributed by atoms with Crippen molar-refractivity contribution in [1.82, 2.24) is 5.32 Å². The van der Waals surface area contributed by atoms with Crippen molar-refractivity contribution in [3.8, 4) is 6.07 Å². The van der Waals surface area contributed by atoms with E-state index in [2.05, 4.69) is 11.4 Å². The van der Waals surface area contributed by atoms with Crippen molar-refractivity contribution in [2.45, 2.75) is 37.5 Å². The maximum absolute atomic E-state index is 11.6. The van der Waals surface area contributed by atoms with E-state index in [0.29, 0.717) is 18.2 Å². The fourth-order valence-corrected chi connectivity index (χ4v) is 2.14. The summed E-state index contributed by atoms with van der Waals surface area (Å²) in [4.78, 5) is 11.6. The van der Waals surface area contributed by atoms with E-state index in [1.807, 2.05) is 6.92 Å². The maximum atomic E-state index is 11.6. The van der Waals surface area contributed by atoms with Gasteiger partial charge in [-0.3, -0.25) is 4.79 Å². The zero-order valence-corrected chi connectivity index (χ0v) is 10.6. The lowest BCUT2D eigenvalue weighted by Crippen LogP contribution is -2.47. The van der Waals surface area contributed by atoms with E-state index >= 15 is 0 Å². The van der Waals surface area contributed by atoms with Crippen LogP contribution in [0, 0.1) is 17.2 Å². The van der Waals surface area contributed by atoms with E-state index in [4.69, 9.17) is 11.0 Å². The number of nitrogens with one attached hydrogen (secondary N) is 1. The molecule has 1 aliphatic carbocycles. The van der Waals surface area contributed by atoms with E-state index < -0.39 is 5.54 Å². The van der Waals surface area contributed by atoms with Gasteiger partial charge in [0.1, 0.15) is 5.54 Å². The Bertz CT molecular complexity index is 298. The number of amides is 1. The van der Waals surface area contributed by atoms with E-state index in [9.17, 15) is 4.79 Å². The Hall–Kier alpha value is -0.730. The van der Waals surface area contributed by atoms with Crippen molar-refractivity contribution in [3.05, 3.63) is 0 Å². The lowest BCUT2D eigenvalue weighted by molar-refractivity contribution is -0.119. The van der Waals surface area contributed by atoms with Crippen molar-refractivity contribution >= 4 is 17.7 Å². The molecule has 1 amide bonds. The van der Waals surface area contributed by atoms with Crippen molar-refractivity contribution in [1.29, 1.82) is 5.26 Å². The first-order valence-electron chi connectivity index (χ1n) is 5.55. The molecule has 0 spiro atoms. The Morgan fingerprint density at radius 3 is 2.81 bits per heavy atom. The number of hydrogen-bond acceptors (Lipinski definition) is 4. The van der Waals surface area contributed by atoms with E-state index in [1.165, 1.54) is 11.8 Å². The summed E-state index contributed by atoms with van der Waals surface area (Å²) < 4.78 is 0. The van der Waals surface area contributed by atoms with Gasteiger partial charge in [-0.05, 0) is 25.7 Å². The van der Waals surface area contributed by atoms with Gasteiger partial charge in [0.25, 0.3) is 0 Å². The fraction of sp³-hybridized carbons (Fsp3) is 0.818. The molecule has 0 bridgehead atoms. The molecule has 0 saturated heterocycles. The molecule has 0 radical (unpaired) electrons. The first kappa shape index (κ1) is 13.3. The van der Waals surface area contributed by atoms with Crippen LogP contribution in [0.1, 0.15) is 26.7 Å². The topological polar surface area (TPSA) is 78.9 Å². The molecule has 16 heavy (non-hydrogen) atoms. The molecule has 2 atom stereocenters. The summed E-state index contributed by atoms with van der Waals surface area (Å²) in [5, 5.41) is 12.2. The number of nitrogens with zero attached hydrogens (tertiary/aromatic N) is 1. The Kier molecular flexibility index (Phi) is 4.63. The van der Waals surface area contributed by atoms with E-state index in [1.54, 1.807) is 6.92 Å². The quantitative estimate of drug-likeness (QED) is 0.723. The number of thioether (sulfide) groups is 1. The second-order valence-electron chi connectivity index (χ2n) is 4.49. The van der Waals surface area contributed by atoms with Crippen LogP contribution in [0.3, 0.4) is 0 Å². The van der Waals surface area contributed by atoms with Crippen LogP contribution in [0.2, 0.25) is 0 Å². The molecule has 3 N–H and O–H groups in total. The third-order valence-corrected chi connectivity index (χ3v) is 4.05. The molecule has 1 rings (SSSR count). The molecule has 1 fully saturated rings. The molecule has 0 aromatic carbocycles. The summed E-state index contributed by atoms with van der Waals surface area (Å²) in [5.74, 6) is 0.641. The predicted molar refractivity (Wildman–Crippen MR) is 65.9 cm³/mol. The number of carbonyl (C=O) groups is 1. The smallest absolute Gasteiger partial charge is 0.231 e. The average Bonchev–Trinajstić information content (AvgIpc) is 3.09. The summed E-state index contributed by atoms with van der Waals surface area (Å²) in [6.45, 7) is 4.36. The highest BCUT2D eigenvalue weighted by Gasteiger charge is 2.42. The largest absolute Gasteiger partial charge is 0.337 e. The minimum atomic E-state index is -0.677. The first-order chi connectivity index (χ1) is 7.51. The maximum Gasteiger partial charge on any atom is 0.231 e. The number of nitriles is 1. The standard InChI is InChI=1S/C11H19N3OS/c1-8(5-12)16-6-10(15)14-11(2,7-13)9-3-4-9/h8-9H,3-6,12H2,1-2H3,(H,14,15). The summed E-state index contributed by atoms with van der Waals surface area (Å²) in [7, 11) is 0. The molecular formula is C11H19N3OS. The van der Waals surface area contributed by atoms with Crippen molar-refractivity contribution in [2.75, 3.05) is 12.3 Å². The molecule has 5 heteroatoms. The first-order valence-corrected chi connectivity index (χ1v) is 6.60. The highest BCUT2D eigenvalue weighted by molar-refractivity contribution is 8.00. The van der Waals surface area contributed by atoms with Crippen molar-refractivity contribution in [3.63, 3.8) is 0 Å². The third kappa shape index (κ3) is 3.69. The molecule has 0 heterocycles. The molecule has 0 aromatic heterocycles. The Labute approximate surface area is 101 Å². The number of nitrogens with two attached hydrogens (primary N) is 1. The van der Waals surface area contributed by atoms with Gasteiger partial charge in [0.05, 0.1) is 11.8 Å². The van der Waals surface area contributed by atoms with Crippen LogP contribution in [0.4, 0.5) is 0 Å². The minimum absolute atomic E-state index is 0.0683. The number of rotatable bonds is 6. The SMILES string of the molecule is CC(CN)SCC(=O)NC(C)(C#N)C1CC1. The predicted octanol–water partition coefficient (Wildman–Crippen LogP) is 0.875. The monoisotopic (exact) mass is 241 g/mol. The molecular weight excluding hydrogens is 222 g/mol. The zero-order valence-electron chi connectivity index (χ0n) is 9.82. The molecule has 1 saturated carbocycles. The lowest BCUT2D eigenvalue weighted by Gasteiger charge is -2.23. The number of carbonyl (C=O) groups excluding carboxylic acids is 1. The van der Waals surface area contributed by atoms with Gasteiger partial charge < -0.3 is 11.1 Å². The summed E-state index contributed by atoms with van der Waals surface area (Å²) in [5.41, 5.74) is 4.79. The second kappa shape index (κ2) is 5.55. The molecule has 0 aliphatic heterocycles. The molecule has 0 aromatic rings. The second-order valence-corrected chi connectivity index (χ2v) is 5.92. The molecule has 1 aliphatic rings. The lowest BCUT2D eigenvalue weighted by atomic mass is 9.98. The summed E-state index contributed by atoms with van der Waals surface area (Å²) in [6.07, 6.45) is 2.08. The molecule has 4 nitrogen and oxygen atoms in total. The van der Waals surface area contributed by atoms with Gasteiger partial charge in [-0.1, -0.05) is 6.92 Å². The molecule has 90 valence electrons. The van der Waals surface area contributed by atoms with Gasteiger partial charge in [-0.15, -0.1) is 11.8 Å². The Morgan fingerprint density at radius 2 is 2.38 bits per heavy atom. The van der Waals surface area contributed by atoms with Crippen LogP contribution in [0.25, 0.3) is 0 Å². The third-order valence-electron chi connectivity index (χ3n) is 2.86. The Balaban J connectivity index is 2.35. The van der Waals surface area contributed by atoms with Gasteiger partial charge >= 0.3 is 0 Å². The highest BCUT2D eigenvalue weighted by Crippen LogP contribution is 2.39. The van der Waals surface area contributed by atoms with Crippen LogP contribution in [0.15, 0.2) is 0 Å². The highest BCUT2D eigenvalue weighted by atomic mass is 32.2. The average molecular weight is 241 g/mol. The van der Waals surface area contributed by atoms with Crippen LogP contribution < -0.4 is 11.1 Å². The Morgan fingerprint density at radius 1 is 1.75 bits per heavy atom. The van der Waals surface area contributed by atoms with Gasteiger partial charge in [0.15, 0.2) is 0 Å².